The molecule has 2 heterocycles. The van der Waals surface area contributed by atoms with Gasteiger partial charge < -0.3 is 9.88 Å². The lowest BCUT2D eigenvalue weighted by Gasteiger charge is -2.08. The summed E-state index contributed by atoms with van der Waals surface area (Å²) in [5, 5.41) is 23.2. The van der Waals surface area contributed by atoms with Gasteiger partial charge in [0.05, 0.1) is 11.3 Å². The van der Waals surface area contributed by atoms with Crippen LogP contribution in [0.15, 0.2) is 29.4 Å². The van der Waals surface area contributed by atoms with E-state index in [4.69, 9.17) is 0 Å². The normalized spacial score (nSPS) is 10.8. The number of thioether (sulfide) groups is 1. The molecule has 2 amide bonds. The molecule has 0 bridgehead atoms. The first-order valence-electron chi connectivity index (χ1n) is 9.15. The summed E-state index contributed by atoms with van der Waals surface area (Å²) in [4.78, 5) is 24.2. The van der Waals surface area contributed by atoms with Crippen LogP contribution in [0.4, 0.5) is 9.52 Å². The average molecular weight is 450 g/mol. The number of hydrogen-bond acceptors (Lipinski definition) is 8. The van der Waals surface area contributed by atoms with Crippen LogP contribution in [0.3, 0.4) is 0 Å². The zero-order chi connectivity index (χ0) is 21.5. The molecular formula is C18H20FN7O2S2. The minimum atomic E-state index is -0.563. The minimum absolute atomic E-state index is 0.00217. The molecule has 0 saturated heterocycles. The van der Waals surface area contributed by atoms with Crippen LogP contribution in [0.1, 0.15) is 28.1 Å². The van der Waals surface area contributed by atoms with Crippen molar-refractivity contribution in [1.29, 1.82) is 0 Å². The van der Waals surface area contributed by atoms with Gasteiger partial charge >= 0.3 is 0 Å². The first-order valence-corrected chi connectivity index (χ1v) is 11.0. The van der Waals surface area contributed by atoms with Gasteiger partial charge in [0.25, 0.3) is 5.91 Å². The summed E-state index contributed by atoms with van der Waals surface area (Å²) in [5.74, 6) is -0.420. The highest BCUT2D eigenvalue weighted by molar-refractivity contribution is 7.99. The fourth-order valence-corrected chi connectivity index (χ4v) is 4.02. The maximum atomic E-state index is 13.7. The Labute approximate surface area is 180 Å². The number of anilines is 1. The van der Waals surface area contributed by atoms with E-state index in [0.29, 0.717) is 29.1 Å². The van der Waals surface area contributed by atoms with Gasteiger partial charge in [-0.2, -0.15) is 0 Å². The van der Waals surface area contributed by atoms with E-state index < -0.39 is 11.7 Å². The first kappa shape index (κ1) is 21.8. The molecule has 2 N–H and O–H groups in total. The highest BCUT2D eigenvalue weighted by Crippen LogP contribution is 2.19. The second-order valence-electron chi connectivity index (χ2n) is 6.09. The summed E-state index contributed by atoms with van der Waals surface area (Å²) in [7, 11) is 0. The molecule has 158 valence electrons. The summed E-state index contributed by atoms with van der Waals surface area (Å²) in [6.07, 6.45) is 0.428. The van der Waals surface area contributed by atoms with Crippen LogP contribution in [0.5, 0.6) is 0 Å². The van der Waals surface area contributed by atoms with Crippen molar-refractivity contribution in [3.05, 3.63) is 46.5 Å². The molecular weight excluding hydrogens is 429 g/mol. The summed E-state index contributed by atoms with van der Waals surface area (Å²) in [6, 6.07) is 5.82. The van der Waals surface area contributed by atoms with Crippen molar-refractivity contribution in [3.8, 4) is 0 Å². The maximum absolute atomic E-state index is 13.7. The quantitative estimate of drug-likeness (QED) is 0.482. The molecule has 0 aliphatic carbocycles. The number of halogens is 1. The Bertz CT molecular complexity index is 1040. The molecule has 0 fully saturated rings. The van der Waals surface area contributed by atoms with Crippen LogP contribution in [0.25, 0.3) is 0 Å². The Balaban J connectivity index is 1.51. The van der Waals surface area contributed by atoms with Gasteiger partial charge in [-0.25, -0.2) is 4.39 Å². The third-order valence-corrected chi connectivity index (χ3v) is 5.69. The molecule has 0 unspecified atom stereocenters. The number of nitrogens with one attached hydrogen (secondary N) is 2. The zero-order valence-corrected chi connectivity index (χ0v) is 18.0. The van der Waals surface area contributed by atoms with Crippen molar-refractivity contribution in [3.63, 3.8) is 0 Å². The van der Waals surface area contributed by atoms with Gasteiger partial charge in [0, 0.05) is 19.5 Å². The minimum Gasteiger partial charge on any atom is -0.351 e. The van der Waals surface area contributed by atoms with E-state index in [1.54, 1.807) is 6.07 Å². The summed E-state index contributed by atoms with van der Waals surface area (Å²) in [5.41, 5.74) is 0.00217. The third kappa shape index (κ3) is 5.60. The van der Waals surface area contributed by atoms with Crippen molar-refractivity contribution in [2.75, 3.05) is 17.6 Å². The van der Waals surface area contributed by atoms with Crippen LogP contribution < -0.4 is 10.6 Å². The van der Waals surface area contributed by atoms with E-state index in [9.17, 15) is 14.0 Å². The predicted octanol–water partition coefficient (Wildman–Crippen LogP) is 2.30. The van der Waals surface area contributed by atoms with Gasteiger partial charge in [-0.05, 0) is 26.0 Å². The van der Waals surface area contributed by atoms with E-state index >= 15 is 0 Å². The number of aromatic nitrogens is 5. The number of carbonyl (C=O) groups is 2. The van der Waals surface area contributed by atoms with Gasteiger partial charge in [-0.1, -0.05) is 35.2 Å². The lowest BCUT2D eigenvalue weighted by molar-refractivity contribution is -0.113. The van der Waals surface area contributed by atoms with Crippen LogP contribution in [-0.2, 0) is 17.8 Å². The second kappa shape index (κ2) is 10.3. The van der Waals surface area contributed by atoms with E-state index in [-0.39, 0.29) is 23.8 Å². The Morgan fingerprint density at radius 3 is 2.70 bits per heavy atom. The van der Waals surface area contributed by atoms with Crippen LogP contribution in [0, 0.1) is 12.7 Å². The molecule has 3 aromatic rings. The fraction of sp³-hybridized carbons (Fsp3) is 0.333. The molecule has 0 saturated carbocycles. The lowest BCUT2D eigenvalue weighted by atomic mass is 10.2. The van der Waals surface area contributed by atoms with Crippen molar-refractivity contribution in [1.82, 2.24) is 30.3 Å². The summed E-state index contributed by atoms with van der Waals surface area (Å²) >= 11 is 2.57. The number of benzene rings is 1. The van der Waals surface area contributed by atoms with Gasteiger partial charge in [-0.3, -0.25) is 14.9 Å². The summed E-state index contributed by atoms with van der Waals surface area (Å²) < 4.78 is 15.5. The maximum Gasteiger partial charge on any atom is 0.254 e. The molecule has 2 aromatic heterocycles. The Kier molecular flexibility index (Phi) is 7.46. The smallest absolute Gasteiger partial charge is 0.254 e. The van der Waals surface area contributed by atoms with E-state index in [1.807, 2.05) is 18.4 Å². The van der Waals surface area contributed by atoms with Gasteiger partial charge in [0.1, 0.15) is 16.6 Å². The van der Waals surface area contributed by atoms with Gasteiger partial charge in [0.15, 0.2) is 5.16 Å². The fourth-order valence-electron chi connectivity index (χ4n) is 2.59. The predicted molar refractivity (Wildman–Crippen MR) is 112 cm³/mol. The van der Waals surface area contributed by atoms with Crippen LogP contribution in [0.2, 0.25) is 0 Å². The molecule has 0 aliphatic heterocycles. The largest absolute Gasteiger partial charge is 0.351 e. The van der Waals surface area contributed by atoms with Crippen molar-refractivity contribution < 1.29 is 14.0 Å². The number of nitrogens with zero attached hydrogens (tertiary/aromatic N) is 5. The van der Waals surface area contributed by atoms with Crippen LogP contribution in [-0.4, -0.2) is 49.1 Å². The molecule has 0 spiro atoms. The standard InChI is InChI=1S/C18H20FN7O2S2/c1-3-26-14(8-9-20-16(28)12-6-4-5-7-13(12)19)23-25-18(26)29-10-15(27)21-17-24-22-11(2)30-17/h4-7H,3,8-10H2,1-2H3,(H,20,28)(H,21,24,27). The molecule has 1 aromatic carbocycles. The zero-order valence-electron chi connectivity index (χ0n) is 16.4. The van der Waals surface area contributed by atoms with Crippen molar-refractivity contribution in [2.24, 2.45) is 0 Å². The van der Waals surface area contributed by atoms with Gasteiger partial charge in [0.2, 0.25) is 11.0 Å². The molecule has 12 heteroatoms. The number of rotatable bonds is 9. The molecule has 0 atom stereocenters. The van der Waals surface area contributed by atoms with Crippen molar-refractivity contribution in [2.45, 2.75) is 32.0 Å². The van der Waals surface area contributed by atoms with Crippen LogP contribution >= 0.6 is 23.1 Å². The molecule has 0 radical (unpaired) electrons. The average Bonchev–Trinajstić information content (AvgIpc) is 3.31. The topological polar surface area (TPSA) is 115 Å². The number of amides is 2. The highest BCUT2D eigenvalue weighted by atomic mass is 32.2. The van der Waals surface area contributed by atoms with Gasteiger partial charge in [-0.15, -0.1) is 20.4 Å². The molecule has 9 nitrogen and oxygen atoms in total. The summed E-state index contributed by atoms with van der Waals surface area (Å²) in [6.45, 7) is 4.65. The van der Waals surface area contributed by atoms with E-state index in [1.165, 1.54) is 41.3 Å². The Morgan fingerprint density at radius 1 is 1.20 bits per heavy atom. The lowest BCUT2D eigenvalue weighted by Crippen LogP contribution is -2.27. The Hall–Kier alpha value is -2.86. The molecule has 30 heavy (non-hydrogen) atoms. The molecule has 3 rings (SSSR count). The SMILES string of the molecule is CCn1c(CCNC(=O)c2ccccc2F)nnc1SCC(=O)Nc1nnc(C)s1. The second-order valence-corrected chi connectivity index (χ2v) is 8.22. The highest BCUT2D eigenvalue weighted by Gasteiger charge is 2.15. The third-order valence-electron chi connectivity index (χ3n) is 3.97. The number of carbonyl (C=O) groups excluding carboxylic acids is 2. The van der Waals surface area contributed by atoms with Crippen molar-refractivity contribution >= 4 is 40.0 Å². The van der Waals surface area contributed by atoms with E-state index in [0.717, 1.165) is 5.01 Å². The Morgan fingerprint density at radius 2 is 2.00 bits per heavy atom. The monoisotopic (exact) mass is 449 g/mol. The molecule has 0 aliphatic rings. The number of aryl methyl sites for hydroxylation is 1. The van der Waals surface area contributed by atoms with E-state index in [2.05, 4.69) is 31.0 Å². The number of hydrogen-bond donors (Lipinski definition) is 2. The first-order chi connectivity index (χ1) is 14.5.